The molecule has 0 radical (unpaired) electrons. The summed E-state index contributed by atoms with van der Waals surface area (Å²) in [5.74, 6) is 0.596. The van der Waals surface area contributed by atoms with Crippen molar-refractivity contribution in [2.75, 3.05) is 25.6 Å². The molecule has 1 aromatic heterocycles. The van der Waals surface area contributed by atoms with E-state index in [0.29, 0.717) is 5.75 Å². The van der Waals surface area contributed by atoms with Gasteiger partial charge in [-0.25, -0.2) is 9.37 Å². The van der Waals surface area contributed by atoms with Crippen molar-refractivity contribution in [3.63, 3.8) is 0 Å². The van der Waals surface area contributed by atoms with Crippen molar-refractivity contribution in [1.29, 1.82) is 0 Å². The van der Waals surface area contributed by atoms with Crippen molar-refractivity contribution in [1.82, 2.24) is 4.98 Å². The third kappa shape index (κ3) is 5.29. The summed E-state index contributed by atoms with van der Waals surface area (Å²) in [7, 11) is 1.91. The van der Waals surface area contributed by atoms with E-state index in [1.54, 1.807) is 17.4 Å². The summed E-state index contributed by atoms with van der Waals surface area (Å²) in [4.78, 5) is 4.70. The number of aromatic nitrogens is 1. The van der Waals surface area contributed by atoms with Gasteiger partial charge in [0.05, 0.1) is 10.2 Å². The molecule has 1 unspecified atom stereocenters. The van der Waals surface area contributed by atoms with Gasteiger partial charge in [-0.1, -0.05) is 48.6 Å². The Bertz CT molecular complexity index is 1170. The number of aliphatic hydroxyl groups excluding tert-OH is 1. The minimum absolute atomic E-state index is 0.0672. The number of ether oxygens (including phenoxy) is 1. The van der Waals surface area contributed by atoms with Crippen LogP contribution in [0.2, 0.25) is 0 Å². The van der Waals surface area contributed by atoms with Crippen molar-refractivity contribution in [3.05, 3.63) is 77.9 Å². The van der Waals surface area contributed by atoms with Crippen LogP contribution >= 0.6 is 11.3 Å². The van der Waals surface area contributed by atoms with E-state index < -0.39 is 12.8 Å². The van der Waals surface area contributed by atoms with Crippen LogP contribution in [-0.4, -0.2) is 36.5 Å². The Balaban J connectivity index is 1.47. The van der Waals surface area contributed by atoms with Crippen LogP contribution in [0.5, 0.6) is 5.75 Å². The largest absolute Gasteiger partial charge is 0.491 e. The highest BCUT2D eigenvalue weighted by molar-refractivity contribution is 7.21. The summed E-state index contributed by atoms with van der Waals surface area (Å²) in [6.07, 6.45) is 3.08. The molecule has 1 heterocycles. The van der Waals surface area contributed by atoms with Gasteiger partial charge < -0.3 is 15.2 Å². The summed E-state index contributed by atoms with van der Waals surface area (Å²) < 4.78 is 18.8. The zero-order chi connectivity index (χ0) is 21.6. The molecule has 1 atom stereocenters. The van der Waals surface area contributed by atoms with Crippen molar-refractivity contribution in [2.24, 2.45) is 0 Å². The van der Waals surface area contributed by atoms with E-state index in [2.05, 4.69) is 66.0 Å². The number of benzene rings is 3. The van der Waals surface area contributed by atoms with Gasteiger partial charge in [-0.3, -0.25) is 0 Å². The molecule has 0 spiro atoms. The first-order valence-corrected chi connectivity index (χ1v) is 10.8. The maximum Gasteiger partial charge on any atom is 0.124 e. The number of nitrogens with zero attached hydrogens (tertiary/aromatic N) is 1. The average molecular weight is 435 g/mol. The Morgan fingerprint density at radius 2 is 1.71 bits per heavy atom. The molecule has 158 valence electrons. The van der Waals surface area contributed by atoms with Crippen molar-refractivity contribution >= 4 is 39.4 Å². The molecule has 0 bridgehead atoms. The third-order valence-electron chi connectivity index (χ3n) is 4.81. The Labute approximate surface area is 184 Å². The van der Waals surface area contributed by atoms with Crippen LogP contribution in [0.25, 0.3) is 32.9 Å². The first-order valence-electron chi connectivity index (χ1n) is 9.98. The lowest BCUT2D eigenvalue weighted by molar-refractivity contribution is 0.0842. The molecular formula is C25H23FN2O2S. The van der Waals surface area contributed by atoms with E-state index in [1.165, 1.54) is 0 Å². The van der Waals surface area contributed by atoms with E-state index in [4.69, 9.17) is 9.72 Å². The van der Waals surface area contributed by atoms with Crippen LogP contribution < -0.4 is 10.1 Å². The maximum absolute atomic E-state index is 12.4. The van der Waals surface area contributed by atoms with Crippen LogP contribution in [0, 0.1) is 0 Å². The van der Waals surface area contributed by atoms with E-state index in [1.807, 2.05) is 19.2 Å². The fraction of sp³-hybridized carbons (Fsp3) is 0.160. The molecule has 0 saturated carbocycles. The third-order valence-corrected chi connectivity index (χ3v) is 5.87. The molecule has 6 heteroatoms. The average Bonchev–Trinajstić information content (AvgIpc) is 3.25. The van der Waals surface area contributed by atoms with E-state index in [-0.39, 0.29) is 6.61 Å². The summed E-state index contributed by atoms with van der Waals surface area (Å²) in [5.41, 5.74) is 5.28. The van der Waals surface area contributed by atoms with Gasteiger partial charge in [0.25, 0.3) is 0 Å². The number of thiazole rings is 1. The molecule has 0 aliphatic heterocycles. The number of nitrogens with one attached hydrogen (secondary N) is 1. The summed E-state index contributed by atoms with van der Waals surface area (Å²) >= 11 is 1.57. The summed E-state index contributed by atoms with van der Waals surface area (Å²) in [5, 5.41) is 13.4. The maximum atomic E-state index is 12.4. The minimum Gasteiger partial charge on any atom is -0.491 e. The molecule has 0 amide bonds. The van der Waals surface area contributed by atoms with Crippen LogP contribution in [0.4, 0.5) is 10.1 Å². The molecule has 3 aromatic carbocycles. The topological polar surface area (TPSA) is 54.4 Å². The summed E-state index contributed by atoms with van der Waals surface area (Å²) in [6, 6.07) is 22.1. The van der Waals surface area contributed by atoms with Gasteiger partial charge in [-0.15, -0.1) is 11.3 Å². The van der Waals surface area contributed by atoms with Gasteiger partial charge in [0.2, 0.25) is 0 Å². The monoisotopic (exact) mass is 434 g/mol. The quantitative estimate of drug-likeness (QED) is 0.340. The molecule has 4 rings (SSSR count). The second kappa shape index (κ2) is 9.73. The lowest BCUT2D eigenvalue weighted by atomic mass is 10.1. The number of alkyl halides is 1. The van der Waals surface area contributed by atoms with Crippen LogP contribution in [-0.2, 0) is 0 Å². The van der Waals surface area contributed by atoms with E-state index in [9.17, 15) is 9.50 Å². The minimum atomic E-state index is -1.10. The zero-order valence-electron chi connectivity index (χ0n) is 17.1. The predicted octanol–water partition coefficient (Wildman–Crippen LogP) is 5.88. The molecule has 4 aromatic rings. The lowest BCUT2D eigenvalue weighted by Crippen LogP contribution is -2.19. The number of aliphatic hydroxyl groups is 1. The number of hydrogen-bond donors (Lipinski definition) is 2. The van der Waals surface area contributed by atoms with Crippen molar-refractivity contribution < 1.29 is 14.2 Å². The summed E-state index contributed by atoms with van der Waals surface area (Å²) in [6.45, 7) is -0.886. The Hall–Kier alpha value is -3.22. The molecule has 0 saturated heterocycles. The molecule has 0 fully saturated rings. The second-order valence-electron chi connectivity index (χ2n) is 7.10. The van der Waals surface area contributed by atoms with Crippen LogP contribution in [0.3, 0.4) is 0 Å². The van der Waals surface area contributed by atoms with Crippen molar-refractivity contribution in [2.45, 2.75) is 6.10 Å². The number of anilines is 1. The normalized spacial score (nSPS) is 12.4. The van der Waals surface area contributed by atoms with Crippen LogP contribution in [0.15, 0.2) is 66.7 Å². The van der Waals surface area contributed by atoms with Crippen LogP contribution in [0.1, 0.15) is 11.1 Å². The van der Waals surface area contributed by atoms with Gasteiger partial charge in [-0.2, -0.15) is 0 Å². The lowest BCUT2D eigenvalue weighted by Gasteiger charge is -2.08. The van der Waals surface area contributed by atoms with Gasteiger partial charge >= 0.3 is 0 Å². The van der Waals surface area contributed by atoms with Gasteiger partial charge in [0.1, 0.15) is 30.1 Å². The second-order valence-corrected chi connectivity index (χ2v) is 8.13. The smallest absolute Gasteiger partial charge is 0.124 e. The Morgan fingerprint density at radius 1 is 1.03 bits per heavy atom. The Morgan fingerprint density at radius 3 is 2.35 bits per heavy atom. The number of fused-ring (bicyclic) bond motifs is 1. The van der Waals surface area contributed by atoms with E-state index >= 15 is 0 Å². The number of hydrogen-bond acceptors (Lipinski definition) is 5. The molecule has 2 N–H and O–H groups in total. The first-order chi connectivity index (χ1) is 15.1. The Kier molecular flexibility index (Phi) is 6.60. The van der Waals surface area contributed by atoms with E-state index in [0.717, 1.165) is 37.6 Å². The SMILES string of the molecule is CNc1ccc(/C=C/c2ccc(-c3nc4ccc(OCC(O)CF)cc4s3)cc2)cc1. The van der Waals surface area contributed by atoms with Gasteiger partial charge in [0.15, 0.2) is 0 Å². The van der Waals surface area contributed by atoms with Gasteiger partial charge in [-0.05, 0) is 41.5 Å². The highest BCUT2D eigenvalue weighted by atomic mass is 32.1. The molecule has 4 nitrogen and oxygen atoms in total. The van der Waals surface area contributed by atoms with Gasteiger partial charge in [0, 0.05) is 18.3 Å². The number of halogens is 1. The van der Waals surface area contributed by atoms with Crippen molar-refractivity contribution in [3.8, 4) is 16.3 Å². The standard InChI is InChI=1S/C25H23FN2O2S/c1-27-20-10-6-18(7-11-20)3-2-17-4-8-19(9-5-17)25-28-23-13-12-22(14-24(23)31-25)30-16-21(29)15-26/h2-14,21,27,29H,15-16H2,1H3/b3-2+. The molecule has 0 aliphatic rings. The number of rotatable bonds is 8. The first kappa shape index (κ1) is 21.0. The fourth-order valence-corrected chi connectivity index (χ4v) is 4.04. The zero-order valence-corrected chi connectivity index (χ0v) is 17.9. The highest BCUT2D eigenvalue weighted by Gasteiger charge is 2.09. The molecular weight excluding hydrogens is 411 g/mol. The highest BCUT2D eigenvalue weighted by Crippen LogP contribution is 2.32. The molecule has 0 aliphatic carbocycles. The molecule has 31 heavy (non-hydrogen) atoms. The predicted molar refractivity (Wildman–Crippen MR) is 127 cm³/mol. The fourth-order valence-electron chi connectivity index (χ4n) is 3.05.